The fourth-order valence-corrected chi connectivity index (χ4v) is 3.11. The van der Waals surface area contributed by atoms with Crippen LogP contribution in [0.25, 0.3) is 0 Å². The molecule has 1 fully saturated rings. The molecule has 4 amide bonds. The number of urea groups is 1. The van der Waals surface area contributed by atoms with Crippen molar-refractivity contribution in [2.24, 2.45) is 0 Å². The summed E-state index contributed by atoms with van der Waals surface area (Å²) < 4.78 is 5.16. The van der Waals surface area contributed by atoms with Crippen LogP contribution in [0.15, 0.2) is 60.7 Å². The van der Waals surface area contributed by atoms with Crippen LogP contribution < -0.4 is 5.32 Å². The summed E-state index contributed by atoms with van der Waals surface area (Å²) in [6, 6.07) is 16.6. The van der Waals surface area contributed by atoms with E-state index < -0.39 is 29.5 Å². The quantitative estimate of drug-likeness (QED) is 0.866. The SMILES string of the molecule is COC(C)N1C(=O)NC(=O)C(c2ccccc2)(c2ccccc2)C1=O. The Bertz CT molecular complexity index is 765. The van der Waals surface area contributed by atoms with E-state index in [1.165, 1.54) is 7.11 Å². The van der Waals surface area contributed by atoms with E-state index in [0.29, 0.717) is 11.1 Å². The highest BCUT2D eigenvalue weighted by Crippen LogP contribution is 2.37. The Hall–Kier alpha value is -2.99. The maximum Gasteiger partial charge on any atom is 0.332 e. The molecule has 6 heteroatoms. The number of hydrogen-bond acceptors (Lipinski definition) is 4. The van der Waals surface area contributed by atoms with Gasteiger partial charge < -0.3 is 4.74 Å². The maximum absolute atomic E-state index is 13.4. The number of carbonyl (C=O) groups excluding carboxylic acids is 3. The molecule has 1 heterocycles. The van der Waals surface area contributed by atoms with Crippen molar-refractivity contribution >= 4 is 17.8 Å². The molecule has 0 spiro atoms. The number of carbonyl (C=O) groups is 3. The van der Waals surface area contributed by atoms with E-state index in [0.717, 1.165) is 4.90 Å². The van der Waals surface area contributed by atoms with Crippen molar-refractivity contribution in [3.63, 3.8) is 0 Å². The Labute approximate surface area is 145 Å². The number of barbiturate groups is 1. The van der Waals surface area contributed by atoms with E-state index in [1.807, 2.05) is 0 Å². The molecule has 2 aromatic carbocycles. The number of nitrogens with one attached hydrogen (secondary N) is 1. The van der Waals surface area contributed by atoms with Gasteiger partial charge in [0.25, 0.3) is 11.8 Å². The molecule has 0 radical (unpaired) electrons. The third-order valence-corrected chi connectivity index (χ3v) is 4.44. The van der Waals surface area contributed by atoms with E-state index in [4.69, 9.17) is 4.74 Å². The Morgan fingerprint density at radius 2 is 1.40 bits per heavy atom. The smallest absolute Gasteiger partial charge is 0.332 e. The van der Waals surface area contributed by atoms with Crippen LogP contribution in [-0.4, -0.2) is 36.1 Å². The van der Waals surface area contributed by atoms with Crippen molar-refractivity contribution in [1.82, 2.24) is 10.2 Å². The lowest BCUT2D eigenvalue weighted by molar-refractivity contribution is -0.150. The van der Waals surface area contributed by atoms with Gasteiger partial charge in [-0.05, 0) is 18.1 Å². The average Bonchev–Trinajstić information content (AvgIpc) is 2.63. The van der Waals surface area contributed by atoms with E-state index in [1.54, 1.807) is 67.6 Å². The van der Waals surface area contributed by atoms with Crippen molar-refractivity contribution in [3.05, 3.63) is 71.8 Å². The largest absolute Gasteiger partial charge is 0.361 e. The summed E-state index contributed by atoms with van der Waals surface area (Å²) in [6.45, 7) is 1.58. The van der Waals surface area contributed by atoms with Gasteiger partial charge in [-0.2, -0.15) is 0 Å². The lowest BCUT2D eigenvalue weighted by Gasteiger charge is -2.41. The van der Waals surface area contributed by atoms with Crippen LogP contribution >= 0.6 is 0 Å². The number of benzene rings is 2. The van der Waals surface area contributed by atoms with Gasteiger partial charge in [-0.15, -0.1) is 0 Å². The second-order valence-corrected chi connectivity index (χ2v) is 5.75. The van der Waals surface area contributed by atoms with Gasteiger partial charge in [0.1, 0.15) is 6.23 Å². The van der Waals surface area contributed by atoms with Gasteiger partial charge in [0.15, 0.2) is 5.41 Å². The van der Waals surface area contributed by atoms with Crippen molar-refractivity contribution < 1.29 is 19.1 Å². The third-order valence-electron chi connectivity index (χ3n) is 4.44. The van der Waals surface area contributed by atoms with E-state index in [-0.39, 0.29) is 0 Å². The van der Waals surface area contributed by atoms with E-state index in [9.17, 15) is 14.4 Å². The Morgan fingerprint density at radius 3 is 1.84 bits per heavy atom. The molecule has 3 rings (SSSR count). The molecule has 0 aromatic heterocycles. The normalized spacial score (nSPS) is 18.0. The van der Waals surface area contributed by atoms with Gasteiger partial charge in [0.2, 0.25) is 0 Å². The van der Waals surface area contributed by atoms with Crippen molar-refractivity contribution in [2.45, 2.75) is 18.6 Å². The van der Waals surface area contributed by atoms with E-state index in [2.05, 4.69) is 5.32 Å². The molecule has 1 saturated heterocycles. The summed E-state index contributed by atoms with van der Waals surface area (Å²) in [5, 5.41) is 2.31. The molecule has 0 saturated carbocycles. The summed E-state index contributed by atoms with van der Waals surface area (Å²) in [6.07, 6.45) is -0.813. The molecule has 1 aliphatic rings. The highest BCUT2D eigenvalue weighted by atomic mass is 16.5. The van der Waals surface area contributed by atoms with Crippen LogP contribution in [0, 0.1) is 0 Å². The lowest BCUT2D eigenvalue weighted by Crippen LogP contribution is -2.68. The first-order chi connectivity index (χ1) is 12.0. The molecule has 1 N–H and O–H groups in total. The lowest BCUT2D eigenvalue weighted by atomic mass is 9.71. The zero-order valence-corrected chi connectivity index (χ0v) is 13.9. The van der Waals surface area contributed by atoms with Gasteiger partial charge in [-0.1, -0.05) is 60.7 Å². The third kappa shape index (κ3) is 2.51. The number of imide groups is 2. The summed E-state index contributed by atoms with van der Waals surface area (Å²) in [5.41, 5.74) is -0.669. The summed E-state index contributed by atoms with van der Waals surface area (Å²) in [4.78, 5) is 39.6. The molecular formula is C19H18N2O4. The van der Waals surface area contributed by atoms with Crippen LogP contribution in [0.4, 0.5) is 4.79 Å². The summed E-state index contributed by atoms with van der Waals surface area (Å²) >= 11 is 0. The summed E-state index contributed by atoms with van der Waals surface area (Å²) in [5.74, 6) is -1.30. The fraction of sp³-hybridized carbons (Fsp3) is 0.211. The van der Waals surface area contributed by atoms with Crippen molar-refractivity contribution in [2.75, 3.05) is 7.11 Å². The molecule has 0 bridgehead atoms. The van der Waals surface area contributed by atoms with Gasteiger partial charge >= 0.3 is 6.03 Å². The Balaban J connectivity index is 2.28. The number of amides is 4. The molecule has 1 atom stereocenters. The first kappa shape index (κ1) is 16.9. The predicted molar refractivity (Wildman–Crippen MR) is 90.5 cm³/mol. The topological polar surface area (TPSA) is 75.7 Å². The molecule has 2 aromatic rings. The molecule has 1 aliphatic heterocycles. The maximum atomic E-state index is 13.4. The number of rotatable bonds is 4. The van der Waals surface area contributed by atoms with Gasteiger partial charge in [-0.3, -0.25) is 14.9 Å². The molecular weight excluding hydrogens is 320 g/mol. The number of hydrogen-bond donors (Lipinski definition) is 1. The minimum absolute atomic E-state index is 0.490. The zero-order chi connectivity index (χ0) is 18.0. The van der Waals surface area contributed by atoms with Crippen LogP contribution in [0.5, 0.6) is 0 Å². The number of methoxy groups -OCH3 is 1. The Kier molecular flexibility index (Phi) is 4.37. The van der Waals surface area contributed by atoms with Crippen molar-refractivity contribution in [1.29, 1.82) is 0 Å². The van der Waals surface area contributed by atoms with Crippen LogP contribution in [0.3, 0.4) is 0 Å². The van der Waals surface area contributed by atoms with Gasteiger partial charge in [0.05, 0.1) is 0 Å². The number of ether oxygens (including phenoxy) is 1. The Morgan fingerprint density at radius 1 is 0.920 bits per heavy atom. The van der Waals surface area contributed by atoms with Crippen LogP contribution in [0.1, 0.15) is 18.1 Å². The minimum Gasteiger partial charge on any atom is -0.361 e. The highest BCUT2D eigenvalue weighted by molar-refractivity contribution is 6.25. The molecule has 1 unspecified atom stereocenters. The van der Waals surface area contributed by atoms with Crippen molar-refractivity contribution in [3.8, 4) is 0 Å². The predicted octanol–water partition coefficient (Wildman–Crippen LogP) is 2.04. The van der Waals surface area contributed by atoms with E-state index >= 15 is 0 Å². The second-order valence-electron chi connectivity index (χ2n) is 5.75. The highest BCUT2D eigenvalue weighted by Gasteiger charge is 2.57. The molecule has 128 valence electrons. The first-order valence-electron chi connectivity index (χ1n) is 7.86. The second kappa shape index (κ2) is 6.49. The fourth-order valence-electron chi connectivity index (χ4n) is 3.11. The summed E-state index contributed by atoms with van der Waals surface area (Å²) in [7, 11) is 1.40. The molecule has 6 nitrogen and oxygen atoms in total. The monoisotopic (exact) mass is 338 g/mol. The molecule has 0 aliphatic carbocycles. The van der Waals surface area contributed by atoms with Gasteiger partial charge in [0, 0.05) is 7.11 Å². The molecule has 25 heavy (non-hydrogen) atoms. The average molecular weight is 338 g/mol. The minimum atomic E-state index is -1.65. The van der Waals surface area contributed by atoms with Crippen LogP contribution in [0.2, 0.25) is 0 Å². The standard InChI is InChI=1S/C19H18N2O4/c1-13(25-2)21-17(23)19(16(22)20-18(21)24,14-9-5-3-6-10-14)15-11-7-4-8-12-15/h3-13H,1-2H3,(H,20,22,24). The number of nitrogens with zero attached hydrogens (tertiary/aromatic N) is 1. The first-order valence-corrected chi connectivity index (χ1v) is 7.86. The van der Waals surface area contributed by atoms with Gasteiger partial charge in [-0.25, -0.2) is 9.69 Å². The van der Waals surface area contributed by atoms with Crippen LogP contribution in [-0.2, 0) is 19.7 Å². The zero-order valence-electron chi connectivity index (χ0n) is 13.9.